The monoisotopic (exact) mass is 280 g/mol. The van der Waals surface area contributed by atoms with Gasteiger partial charge in [0.25, 0.3) is 0 Å². The van der Waals surface area contributed by atoms with E-state index in [-0.39, 0.29) is 0 Å². The van der Waals surface area contributed by atoms with Gasteiger partial charge in [0, 0.05) is 0 Å². The molecule has 1 fully saturated rings. The number of hydrogen-bond acceptors (Lipinski definition) is 2. The SMILES string of the molecule is CN1CCCN(C)C(c2ccccc2)C1c1ccccc1. The Balaban J connectivity index is 2.05. The van der Waals surface area contributed by atoms with Crippen LogP contribution in [0.25, 0.3) is 0 Å². The molecular weight excluding hydrogens is 256 g/mol. The molecule has 2 aromatic rings. The van der Waals surface area contributed by atoms with Crippen molar-refractivity contribution in [1.82, 2.24) is 9.80 Å². The Bertz CT molecular complexity index is 501. The van der Waals surface area contributed by atoms with Crippen LogP contribution in [-0.4, -0.2) is 37.0 Å². The molecule has 110 valence electrons. The van der Waals surface area contributed by atoms with Crippen LogP contribution < -0.4 is 0 Å². The molecule has 1 saturated heterocycles. The Kier molecular flexibility index (Phi) is 4.37. The summed E-state index contributed by atoms with van der Waals surface area (Å²) in [5.74, 6) is 0. The van der Waals surface area contributed by atoms with Gasteiger partial charge in [-0.1, -0.05) is 60.7 Å². The number of nitrogens with zero attached hydrogens (tertiary/aromatic N) is 2. The maximum absolute atomic E-state index is 2.51. The Morgan fingerprint density at radius 1 is 0.667 bits per heavy atom. The molecule has 1 aliphatic rings. The predicted molar refractivity (Wildman–Crippen MR) is 88.2 cm³/mol. The lowest BCUT2D eigenvalue weighted by atomic mass is 9.92. The third kappa shape index (κ3) is 3.02. The van der Waals surface area contributed by atoms with Gasteiger partial charge in [-0.3, -0.25) is 9.80 Å². The molecule has 0 aromatic heterocycles. The molecule has 1 heterocycles. The van der Waals surface area contributed by atoms with Crippen molar-refractivity contribution in [1.29, 1.82) is 0 Å². The van der Waals surface area contributed by atoms with Gasteiger partial charge in [0.2, 0.25) is 0 Å². The van der Waals surface area contributed by atoms with E-state index in [1.807, 2.05) is 0 Å². The van der Waals surface area contributed by atoms with E-state index in [1.54, 1.807) is 0 Å². The molecule has 0 bridgehead atoms. The Labute approximate surface area is 128 Å². The Hall–Kier alpha value is -1.64. The Morgan fingerprint density at radius 2 is 1.05 bits per heavy atom. The molecule has 0 aliphatic carbocycles. The molecule has 0 radical (unpaired) electrons. The normalized spacial score (nSPS) is 24.7. The number of likely N-dealkylation sites (N-methyl/N-ethyl adjacent to an activating group) is 2. The van der Waals surface area contributed by atoms with Crippen LogP contribution in [0.5, 0.6) is 0 Å². The first-order valence-corrected chi connectivity index (χ1v) is 7.78. The number of benzene rings is 2. The van der Waals surface area contributed by atoms with Crippen LogP contribution in [0.15, 0.2) is 60.7 Å². The number of hydrogen-bond donors (Lipinski definition) is 0. The van der Waals surface area contributed by atoms with Crippen molar-refractivity contribution in [2.24, 2.45) is 0 Å². The molecule has 0 N–H and O–H groups in total. The van der Waals surface area contributed by atoms with Gasteiger partial charge >= 0.3 is 0 Å². The summed E-state index contributed by atoms with van der Waals surface area (Å²) in [6.07, 6.45) is 1.22. The molecular formula is C19H24N2. The zero-order chi connectivity index (χ0) is 14.7. The zero-order valence-electron chi connectivity index (χ0n) is 12.9. The highest BCUT2D eigenvalue weighted by atomic mass is 15.2. The minimum absolute atomic E-state index is 0.404. The highest BCUT2D eigenvalue weighted by Gasteiger charge is 2.33. The minimum atomic E-state index is 0.404. The first-order valence-electron chi connectivity index (χ1n) is 7.78. The smallest absolute Gasteiger partial charge is 0.0542 e. The van der Waals surface area contributed by atoms with Gasteiger partial charge < -0.3 is 0 Å². The first-order chi connectivity index (χ1) is 10.3. The van der Waals surface area contributed by atoms with Crippen LogP contribution in [0.3, 0.4) is 0 Å². The summed E-state index contributed by atoms with van der Waals surface area (Å²) < 4.78 is 0. The third-order valence-electron chi connectivity index (χ3n) is 4.55. The molecule has 0 saturated carbocycles. The topological polar surface area (TPSA) is 6.48 Å². The average Bonchev–Trinajstić information content (AvgIpc) is 2.67. The quantitative estimate of drug-likeness (QED) is 0.827. The number of rotatable bonds is 2. The largest absolute Gasteiger partial charge is 0.297 e. The van der Waals surface area contributed by atoms with Gasteiger partial charge in [0.05, 0.1) is 12.1 Å². The van der Waals surface area contributed by atoms with E-state index in [0.29, 0.717) is 12.1 Å². The second kappa shape index (κ2) is 6.42. The molecule has 2 atom stereocenters. The van der Waals surface area contributed by atoms with Crippen LogP contribution in [0.1, 0.15) is 29.6 Å². The molecule has 2 nitrogen and oxygen atoms in total. The van der Waals surface area contributed by atoms with Gasteiger partial charge in [-0.15, -0.1) is 0 Å². The van der Waals surface area contributed by atoms with E-state index in [4.69, 9.17) is 0 Å². The van der Waals surface area contributed by atoms with Crippen molar-refractivity contribution in [2.45, 2.75) is 18.5 Å². The fraction of sp³-hybridized carbons (Fsp3) is 0.368. The van der Waals surface area contributed by atoms with Crippen LogP contribution in [0, 0.1) is 0 Å². The summed E-state index contributed by atoms with van der Waals surface area (Å²) in [6, 6.07) is 22.6. The summed E-state index contributed by atoms with van der Waals surface area (Å²) in [5, 5.41) is 0. The summed E-state index contributed by atoms with van der Waals surface area (Å²) >= 11 is 0. The van der Waals surface area contributed by atoms with E-state index in [1.165, 1.54) is 17.5 Å². The fourth-order valence-corrected chi connectivity index (χ4v) is 3.50. The van der Waals surface area contributed by atoms with Crippen LogP contribution in [0.4, 0.5) is 0 Å². The Morgan fingerprint density at radius 3 is 1.43 bits per heavy atom. The van der Waals surface area contributed by atoms with Crippen LogP contribution in [0.2, 0.25) is 0 Å². The lowest BCUT2D eigenvalue weighted by Crippen LogP contribution is -2.34. The molecule has 2 heteroatoms. The van der Waals surface area contributed by atoms with Crippen molar-refractivity contribution in [3.63, 3.8) is 0 Å². The second-order valence-electron chi connectivity index (χ2n) is 6.03. The molecule has 21 heavy (non-hydrogen) atoms. The van der Waals surface area contributed by atoms with Crippen molar-refractivity contribution in [2.75, 3.05) is 27.2 Å². The molecule has 2 unspecified atom stereocenters. The standard InChI is InChI=1S/C19H24N2/c1-20-14-9-15-21(2)19(17-12-7-4-8-13-17)18(20)16-10-5-3-6-11-16/h3-8,10-13,18-19H,9,14-15H2,1-2H3. The maximum atomic E-state index is 2.51. The predicted octanol–water partition coefficient (Wildman–Crippen LogP) is 3.74. The van der Waals surface area contributed by atoms with Crippen LogP contribution >= 0.6 is 0 Å². The van der Waals surface area contributed by atoms with E-state index in [9.17, 15) is 0 Å². The summed E-state index contributed by atoms with van der Waals surface area (Å²) in [4.78, 5) is 5.02. The maximum Gasteiger partial charge on any atom is 0.0542 e. The summed E-state index contributed by atoms with van der Waals surface area (Å²) in [5.41, 5.74) is 2.81. The zero-order valence-corrected chi connectivity index (χ0v) is 12.9. The lowest BCUT2D eigenvalue weighted by molar-refractivity contribution is 0.152. The highest BCUT2D eigenvalue weighted by Crippen LogP contribution is 2.38. The minimum Gasteiger partial charge on any atom is -0.297 e. The van der Waals surface area contributed by atoms with Crippen molar-refractivity contribution in [3.05, 3.63) is 71.8 Å². The van der Waals surface area contributed by atoms with Crippen molar-refractivity contribution < 1.29 is 0 Å². The van der Waals surface area contributed by atoms with E-state index < -0.39 is 0 Å². The van der Waals surface area contributed by atoms with Crippen molar-refractivity contribution >= 4 is 0 Å². The third-order valence-corrected chi connectivity index (χ3v) is 4.55. The molecule has 3 rings (SSSR count). The summed E-state index contributed by atoms with van der Waals surface area (Å²) in [7, 11) is 4.51. The first kappa shape index (κ1) is 14.3. The van der Waals surface area contributed by atoms with Crippen LogP contribution in [-0.2, 0) is 0 Å². The molecule has 2 aromatic carbocycles. The van der Waals surface area contributed by atoms with Gasteiger partial charge in [0.1, 0.15) is 0 Å². The van der Waals surface area contributed by atoms with E-state index in [2.05, 4.69) is 84.6 Å². The summed E-state index contributed by atoms with van der Waals surface area (Å²) in [6.45, 7) is 2.29. The van der Waals surface area contributed by atoms with Crippen molar-refractivity contribution in [3.8, 4) is 0 Å². The average molecular weight is 280 g/mol. The van der Waals surface area contributed by atoms with Gasteiger partial charge in [-0.2, -0.15) is 0 Å². The molecule has 0 spiro atoms. The molecule has 0 amide bonds. The van der Waals surface area contributed by atoms with E-state index in [0.717, 1.165) is 13.1 Å². The highest BCUT2D eigenvalue weighted by molar-refractivity contribution is 5.28. The molecule has 1 aliphatic heterocycles. The van der Waals surface area contributed by atoms with Gasteiger partial charge in [-0.25, -0.2) is 0 Å². The second-order valence-corrected chi connectivity index (χ2v) is 6.03. The van der Waals surface area contributed by atoms with E-state index >= 15 is 0 Å². The lowest BCUT2D eigenvalue weighted by Gasteiger charge is -2.37. The van der Waals surface area contributed by atoms with Gasteiger partial charge in [-0.05, 0) is 44.7 Å². The fourth-order valence-electron chi connectivity index (χ4n) is 3.50. The van der Waals surface area contributed by atoms with Gasteiger partial charge in [0.15, 0.2) is 0 Å².